The highest BCUT2D eigenvalue weighted by Crippen LogP contribution is 2.25. The first-order chi connectivity index (χ1) is 9.96. The molecule has 1 aliphatic heterocycles. The summed E-state index contributed by atoms with van der Waals surface area (Å²) in [6.45, 7) is 4.86. The lowest BCUT2D eigenvalue weighted by atomic mass is 10.0. The Morgan fingerprint density at radius 1 is 1.38 bits per heavy atom. The first kappa shape index (κ1) is 16.3. The van der Waals surface area contributed by atoms with Crippen molar-refractivity contribution in [3.63, 3.8) is 0 Å². The molecule has 118 valence electrons. The fourth-order valence-corrected chi connectivity index (χ4v) is 3.31. The van der Waals surface area contributed by atoms with Gasteiger partial charge in [-0.25, -0.2) is 13.1 Å². The average molecular weight is 312 g/mol. The van der Waals surface area contributed by atoms with Crippen molar-refractivity contribution < 1.29 is 13.2 Å². The minimum atomic E-state index is -3.41. The Hall–Kier alpha value is -1.11. The summed E-state index contributed by atoms with van der Waals surface area (Å²) in [7, 11) is -1.99. The molecule has 2 atom stereocenters. The molecule has 2 rings (SSSR count). The molecule has 5 nitrogen and oxygen atoms in total. The normalized spacial score (nSPS) is 23.0. The van der Waals surface area contributed by atoms with E-state index in [0.29, 0.717) is 12.1 Å². The molecule has 1 aromatic rings. The lowest BCUT2D eigenvalue weighted by Crippen LogP contribution is -2.34. The van der Waals surface area contributed by atoms with Crippen LogP contribution in [0.2, 0.25) is 0 Å². The van der Waals surface area contributed by atoms with Crippen LogP contribution in [0, 0.1) is 6.92 Å². The molecule has 0 bridgehead atoms. The molecule has 1 fully saturated rings. The van der Waals surface area contributed by atoms with Gasteiger partial charge in [0.25, 0.3) is 0 Å². The van der Waals surface area contributed by atoms with E-state index in [0.717, 1.165) is 37.1 Å². The number of anilines is 1. The summed E-state index contributed by atoms with van der Waals surface area (Å²) in [6, 6.07) is 5.50. The molecule has 1 heterocycles. The van der Waals surface area contributed by atoms with Gasteiger partial charge in [0.1, 0.15) is 0 Å². The van der Waals surface area contributed by atoms with Crippen LogP contribution < -0.4 is 10.0 Å². The number of benzene rings is 1. The van der Waals surface area contributed by atoms with Crippen LogP contribution in [0.15, 0.2) is 23.1 Å². The van der Waals surface area contributed by atoms with Crippen molar-refractivity contribution >= 4 is 15.7 Å². The van der Waals surface area contributed by atoms with Crippen LogP contribution in [-0.2, 0) is 14.8 Å². The van der Waals surface area contributed by atoms with E-state index >= 15 is 0 Å². The van der Waals surface area contributed by atoms with Gasteiger partial charge >= 0.3 is 0 Å². The van der Waals surface area contributed by atoms with Crippen LogP contribution in [0.5, 0.6) is 0 Å². The van der Waals surface area contributed by atoms with Crippen LogP contribution in [0.4, 0.5) is 5.69 Å². The molecule has 0 saturated carbocycles. The number of aryl methyl sites for hydroxylation is 1. The van der Waals surface area contributed by atoms with Crippen LogP contribution in [0.25, 0.3) is 0 Å². The molecule has 6 heteroatoms. The topological polar surface area (TPSA) is 67.4 Å². The molecule has 2 unspecified atom stereocenters. The van der Waals surface area contributed by atoms with Gasteiger partial charge in [-0.2, -0.15) is 0 Å². The average Bonchev–Trinajstić information content (AvgIpc) is 2.49. The Morgan fingerprint density at radius 3 is 2.81 bits per heavy atom. The number of sulfonamides is 1. The molecule has 0 aliphatic carbocycles. The van der Waals surface area contributed by atoms with Gasteiger partial charge in [0.05, 0.1) is 11.0 Å². The third-order valence-corrected chi connectivity index (χ3v) is 5.38. The monoisotopic (exact) mass is 312 g/mol. The number of ether oxygens (including phenoxy) is 1. The van der Waals surface area contributed by atoms with Crippen molar-refractivity contribution in [3.8, 4) is 0 Å². The maximum Gasteiger partial charge on any atom is 0.240 e. The smallest absolute Gasteiger partial charge is 0.240 e. The second kappa shape index (κ2) is 6.77. The van der Waals surface area contributed by atoms with Gasteiger partial charge in [-0.1, -0.05) is 13.0 Å². The Morgan fingerprint density at radius 2 is 2.14 bits per heavy atom. The molecule has 0 aromatic heterocycles. The maximum atomic E-state index is 11.9. The van der Waals surface area contributed by atoms with Crippen LogP contribution >= 0.6 is 0 Å². The zero-order valence-electron chi connectivity index (χ0n) is 12.8. The number of hydrogen-bond acceptors (Lipinski definition) is 4. The van der Waals surface area contributed by atoms with E-state index in [2.05, 4.69) is 17.0 Å². The van der Waals surface area contributed by atoms with E-state index in [4.69, 9.17) is 4.74 Å². The van der Waals surface area contributed by atoms with E-state index in [1.165, 1.54) is 7.05 Å². The highest BCUT2D eigenvalue weighted by atomic mass is 32.2. The molecule has 21 heavy (non-hydrogen) atoms. The molecular formula is C15H24N2O3S. The first-order valence-corrected chi connectivity index (χ1v) is 8.87. The summed E-state index contributed by atoms with van der Waals surface area (Å²) in [5, 5.41) is 3.48. The van der Waals surface area contributed by atoms with E-state index < -0.39 is 10.0 Å². The van der Waals surface area contributed by atoms with Crippen LogP contribution in [0.3, 0.4) is 0 Å². The molecular weight excluding hydrogens is 288 g/mol. The maximum absolute atomic E-state index is 11.9. The summed E-state index contributed by atoms with van der Waals surface area (Å²) in [5.41, 5.74) is 1.93. The summed E-state index contributed by atoms with van der Waals surface area (Å²) in [6.07, 6.45) is 3.20. The molecule has 1 aliphatic rings. The Bertz CT molecular complexity index is 587. The summed E-state index contributed by atoms with van der Waals surface area (Å²) >= 11 is 0. The standard InChI is InChI=1S/C15H24N2O3S/c1-4-13-9-12(7-8-20-13)17-15-10-14(6-5-11(15)2)21(18,19)16-3/h5-6,10,12-13,16-17H,4,7-9H2,1-3H3. The molecule has 1 aromatic carbocycles. The lowest BCUT2D eigenvalue weighted by molar-refractivity contribution is 0.00924. The van der Waals surface area contributed by atoms with E-state index in [9.17, 15) is 8.42 Å². The zero-order valence-corrected chi connectivity index (χ0v) is 13.7. The Balaban J connectivity index is 2.18. The second-order valence-electron chi connectivity index (χ2n) is 5.45. The van der Waals surface area contributed by atoms with Crippen molar-refractivity contribution in [3.05, 3.63) is 23.8 Å². The van der Waals surface area contributed by atoms with E-state index in [1.807, 2.05) is 13.0 Å². The highest BCUT2D eigenvalue weighted by molar-refractivity contribution is 7.89. The van der Waals surface area contributed by atoms with Crippen molar-refractivity contribution in [2.75, 3.05) is 19.0 Å². The van der Waals surface area contributed by atoms with E-state index in [-0.39, 0.29) is 4.90 Å². The van der Waals surface area contributed by atoms with Crippen molar-refractivity contribution in [1.82, 2.24) is 4.72 Å². The van der Waals surface area contributed by atoms with Crippen LogP contribution in [-0.4, -0.2) is 34.2 Å². The third-order valence-electron chi connectivity index (χ3n) is 3.97. The van der Waals surface area contributed by atoms with Crippen LogP contribution in [0.1, 0.15) is 31.7 Å². The number of hydrogen-bond donors (Lipinski definition) is 2. The zero-order chi connectivity index (χ0) is 15.5. The van der Waals surface area contributed by atoms with Gasteiger partial charge < -0.3 is 10.1 Å². The van der Waals surface area contributed by atoms with Crippen molar-refractivity contribution in [2.24, 2.45) is 0 Å². The molecule has 0 spiro atoms. The van der Waals surface area contributed by atoms with Gasteiger partial charge in [0.2, 0.25) is 10.0 Å². The molecule has 2 N–H and O–H groups in total. The second-order valence-corrected chi connectivity index (χ2v) is 7.34. The predicted octanol–water partition coefficient (Wildman–Crippen LogP) is 2.27. The fraction of sp³-hybridized carbons (Fsp3) is 0.600. The quantitative estimate of drug-likeness (QED) is 0.875. The van der Waals surface area contributed by atoms with Crippen molar-refractivity contribution in [2.45, 2.75) is 50.2 Å². The minimum absolute atomic E-state index is 0.289. The summed E-state index contributed by atoms with van der Waals surface area (Å²) in [4.78, 5) is 0.289. The van der Waals surface area contributed by atoms with Gasteiger partial charge in [0, 0.05) is 18.3 Å². The first-order valence-electron chi connectivity index (χ1n) is 7.38. The highest BCUT2D eigenvalue weighted by Gasteiger charge is 2.22. The molecule has 0 amide bonds. The molecule has 0 radical (unpaired) electrons. The Kier molecular flexibility index (Phi) is 5.24. The lowest BCUT2D eigenvalue weighted by Gasteiger charge is -2.30. The number of nitrogens with one attached hydrogen (secondary N) is 2. The summed E-state index contributed by atoms with van der Waals surface area (Å²) in [5.74, 6) is 0. The summed E-state index contributed by atoms with van der Waals surface area (Å²) < 4.78 is 31.8. The number of rotatable bonds is 5. The Labute approximate surface area is 127 Å². The van der Waals surface area contributed by atoms with Gasteiger partial charge in [-0.15, -0.1) is 0 Å². The minimum Gasteiger partial charge on any atom is -0.382 e. The van der Waals surface area contributed by atoms with Gasteiger partial charge in [0.15, 0.2) is 0 Å². The third kappa shape index (κ3) is 3.96. The fourth-order valence-electron chi connectivity index (χ4n) is 2.56. The molecule has 1 saturated heterocycles. The largest absolute Gasteiger partial charge is 0.382 e. The SMILES string of the molecule is CCC1CC(Nc2cc(S(=O)(=O)NC)ccc2C)CCO1. The van der Waals surface area contributed by atoms with E-state index in [1.54, 1.807) is 12.1 Å². The predicted molar refractivity (Wildman–Crippen MR) is 84.1 cm³/mol. The van der Waals surface area contributed by atoms with Gasteiger partial charge in [-0.05, 0) is 50.9 Å². The van der Waals surface area contributed by atoms with Crippen molar-refractivity contribution in [1.29, 1.82) is 0 Å². The van der Waals surface area contributed by atoms with Gasteiger partial charge in [-0.3, -0.25) is 0 Å².